The van der Waals surface area contributed by atoms with Gasteiger partial charge in [-0.25, -0.2) is 0 Å². The highest BCUT2D eigenvalue weighted by molar-refractivity contribution is 7.11. The Labute approximate surface area is 118 Å². The number of rotatable bonds is 8. The van der Waals surface area contributed by atoms with Gasteiger partial charge < -0.3 is 21.3 Å². The van der Waals surface area contributed by atoms with Crippen LogP contribution in [0.25, 0.3) is 0 Å². The highest BCUT2D eigenvalue weighted by atomic mass is 32.1. The lowest BCUT2D eigenvalue weighted by molar-refractivity contribution is 0.0965. The zero-order chi connectivity index (χ0) is 14.3. The summed E-state index contributed by atoms with van der Waals surface area (Å²) in [6, 6.07) is 0. The van der Waals surface area contributed by atoms with Crippen LogP contribution in [0.4, 0.5) is 10.8 Å². The number of hydrogen-bond acceptors (Lipinski definition) is 6. The van der Waals surface area contributed by atoms with E-state index >= 15 is 0 Å². The van der Waals surface area contributed by atoms with Crippen LogP contribution in [-0.2, 0) is 0 Å². The Kier molecular flexibility index (Phi) is 6.58. The second-order valence-corrected chi connectivity index (χ2v) is 4.99. The van der Waals surface area contributed by atoms with E-state index in [1.54, 1.807) is 7.05 Å². The number of carbonyl (C=O) groups excluding carboxylic acids is 1. The molecule has 0 radical (unpaired) electrons. The van der Waals surface area contributed by atoms with E-state index < -0.39 is 0 Å². The molecule has 1 heterocycles. The van der Waals surface area contributed by atoms with E-state index in [0.717, 1.165) is 37.6 Å². The molecule has 0 saturated carbocycles. The molecule has 0 saturated heterocycles. The SMILES string of the molecule is CCCN(CC)CCNc1snc(N)c1C(=O)NC. The van der Waals surface area contributed by atoms with Crippen molar-refractivity contribution < 1.29 is 4.79 Å². The molecule has 0 aliphatic rings. The first-order chi connectivity index (χ1) is 9.13. The Balaban J connectivity index is 2.56. The van der Waals surface area contributed by atoms with Gasteiger partial charge in [-0.05, 0) is 31.0 Å². The van der Waals surface area contributed by atoms with Gasteiger partial charge in [-0.3, -0.25) is 4.79 Å². The third-order valence-corrected chi connectivity index (χ3v) is 3.69. The Morgan fingerprint density at radius 3 is 2.74 bits per heavy atom. The lowest BCUT2D eigenvalue weighted by Crippen LogP contribution is -2.30. The van der Waals surface area contributed by atoms with Gasteiger partial charge in [-0.15, -0.1) is 0 Å². The Morgan fingerprint density at radius 1 is 1.42 bits per heavy atom. The summed E-state index contributed by atoms with van der Waals surface area (Å²) in [6.07, 6.45) is 1.14. The Hall–Kier alpha value is -1.34. The van der Waals surface area contributed by atoms with Crippen molar-refractivity contribution in [3.8, 4) is 0 Å². The van der Waals surface area contributed by atoms with E-state index in [2.05, 4.69) is 33.8 Å². The number of hydrogen-bond donors (Lipinski definition) is 3. The van der Waals surface area contributed by atoms with Gasteiger partial charge in [-0.2, -0.15) is 4.37 Å². The summed E-state index contributed by atoms with van der Waals surface area (Å²) in [4.78, 5) is 14.1. The molecule has 19 heavy (non-hydrogen) atoms. The van der Waals surface area contributed by atoms with Crippen molar-refractivity contribution in [2.45, 2.75) is 20.3 Å². The van der Waals surface area contributed by atoms with Crippen LogP contribution in [-0.4, -0.2) is 48.4 Å². The van der Waals surface area contributed by atoms with Gasteiger partial charge >= 0.3 is 0 Å². The summed E-state index contributed by atoms with van der Waals surface area (Å²) >= 11 is 1.23. The van der Waals surface area contributed by atoms with Gasteiger partial charge in [0.05, 0.1) is 0 Å². The van der Waals surface area contributed by atoms with Crippen LogP contribution in [0.15, 0.2) is 0 Å². The first-order valence-corrected chi connectivity index (χ1v) is 7.34. The maximum atomic E-state index is 11.7. The van der Waals surface area contributed by atoms with Crippen LogP contribution in [0.1, 0.15) is 30.6 Å². The summed E-state index contributed by atoms with van der Waals surface area (Å²) in [6.45, 7) is 8.16. The number of nitrogens with two attached hydrogens (primary N) is 1. The standard InChI is InChI=1S/C12H23N5OS/c1-4-7-17(5-2)8-6-15-12-9(11(18)14-3)10(13)16-19-12/h15H,4-8H2,1-3H3,(H2,13,16)(H,14,18). The summed E-state index contributed by atoms with van der Waals surface area (Å²) < 4.78 is 4.02. The normalized spacial score (nSPS) is 10.7. The molecule has 6 nitrogen and oxygen atoms in total. The molecule has 7 heteroatoms. The molecular formula is C12H23N5OS. The average Bonchev–Trinajstić information content (AvgIpc) is 2.78. The number of nitrogens with one attached hydrogen (secondary N) is 2. The largest absolute Gasteiger partial charge is 0.382 e. The van der Waals surface area contributed by atoms with E-state index in [-0.39, 0.29) is 11.7 Å². The molecule has 0 bridgehead atoms. The number of nitrogens with zero attached hydrogens (tertiary/aromatic N) is 2. The monoisotopic (exact) mass is 285 g/mol. The fraction of sp³-hybridized carbons (Fsp3) is 0.667. The maximum Gasteiger partial charge on any atom is 0.257 e. The third kappa shape index (κ3) is 4.36. The molecule has 0 aromatic carbocycles. The van der Waals surface area contributed by atoms with Crippen molar-refractivity contribution >= 4 is 28.3 Å². The average molecular weight is 285 g/mol. The second kappa shape index (κ2) is 7.96. The molecule has 0 aliphatic carbocycles. The Bertz CT molecular complexity index is 407. The zero-order valence-electron chi connectivity index (χ0n) is 11.8. The van der Waals surface area contributed by atoms with Gasteiger partial charge in [0.25, 0.3) is 5.91 Å². The van der Waals surface area contributed by atoms with Crippen molar-refractivity contribution in [2.24, 2.45) is 0 Å². The van der Waals surface area contributed by atoms with Crippen LogP contribution in [0, 0.1) is 0 Å². The minimum Gasteiger partial charge on any atom is -0.382 e. The van der Waals surface area contributed by atoms with Crippen molar-refractivity contribution in [3.05, 3.63) is 5.56 Å². The maximum absolute atomic E-state index is 11.7. The second-order valence-electron chi connectivity index (χ2n) is 4.21. The van der Waals surface area contributed by atoms with Crippen LogP contribution in [0.3, 0.4) is 0 Å². The molecule has 0 fully saturated rings. The predicted molar refractivity (Wildman–Crippen MR) is 80.8 cm³/mol. The molecule has 1 rings (SSSR count). The number of nitrogen functional groups attached to an aromatic ring is 1. The number of likely N-dealkylation sites (N-methyl/N-ethyl adjacent to an activating group) is 1. The van der Waals surface area contributed by atoms with Crippen molar-refractivity contribution in [3.63, 3.8) is 0 Å². The van der Waals surface area contributed by atoms with Crippen LogP contribution >= 0.6 is 11.5 Å². The highest BCUT2D eigenvalue weighted by Crippen LogP contribution is 2.26. The van der Waals surface area contributed by atoms with Gasteiger partial charge in [0.2, 0.25) is 0 Å². The zero-order valence-corrected chi connectivity index (χ0v) is 12.6. The minimum absolute atomic E-state index is 0.199. The van der Waals surface area contributed by atoms with Gasteiger partial charge in [0.1, 0.15) is 10.6 Å². The predicted octanol–water partition coefficient (Wildman–Crippen LogP) is 1.23. The number of amides is 1. The molecular weight excluding hydrogens is 262 g/mol. The summed E-state index contributed by atoms with van der Waals surface area (Å²) in [5, 5.41) is 6.56. The molecule has 0 unspecified atom stereocenters. The van der Waals surface area contributed by atoms with Crippen LogP contribution in [0.2, 0.25) is 0 Å². The summed E-state index contributed by atoms with van der Waals surface area (Å²) in [7, 11) is 1.59. The summed E-state index contributed by atoms with van der Waals surface area (Å²) in [5.41, 5.74) is 6.16. The lowest BCUT2D eigenvalue weighted by Gasteiger charge is -2.19. The lowest BCUT2D eigenvalue weighted by atomic mass is 10.3. The van der Waals surface area contributed by atoms with Crippen LogP contribution < -0.4 is 16.4 Å². The first kappa shape index (κ1) is 15.7. The van der Waals surface area contributed by atoms with Gasteiger partial charge in [0.15, 0.2) is 5.82 Å². The van der Waals surface area contributed by atoms with Gasteiger partial charge in [-0.1, -0.05) is 13.8 Å². The molecule has 1 aromatic heterocycles. The summed E-state index contributed by atoms with van der Waals surface area (Å²) in [5.74, 6) is 0.0856. The quantitative estimate of drug-likeness (QED) is 0.669. The number of aromatic nitrogens is 1. The van der Waals surface area contributed by atoms with E-state index in [4.69, 9.17) is 5.73 Å². The van der Waals surface area contributed by atoms with E-state index in [1.165, 1.54) is 11.5 Å². The van der Waals surface area contributed by atoms with E-state index in [0.29, 0.717) is 5.56 Å². The molecule has 0 aliphatic heterocycles. The van der Waals surface area contributed by atoms with Crippen LogP contribution in [0.5, 0.6) is 0 Å². The molecule has 4 N–H and O–H groups in total. The van der Waals surface area contributed by atoms with Crippen molar-refractivity contribution in [2.75, 3.05) is 44.3 Å². The molecule has 1 amide bonds. The molecule has 0 spiro atoms. The van der Waals surface area contributed by atoms with Crippen molar-refractivity contribution in [1.82, 2.24) is 14.6 Å². The molecule has 0 atom stereocenters. The number of carbonyl (C=O) groups is 1. The van der Waals surface area contributed by atoms with Gasteiger partial charge in [0, 0.05) is 20.1 Å². The number of anilines is 2. The first-order valence-electron chi connectivity index (χ1n) is 6.57. The fourth-order valence-corrected chi connectivity index (χ4v) is 2.58. The molecule has 1 aromatic rings. The highest BCUT2D eigenvalue weighted by Gasteiger charge is 2.17. The minimum atomic E-state index is -0.199. The Morgan fingerprint density at radius 2 is 2.16 bits per heavy atom. The third-order valence-electron chi connectivity index (χ3n) is 2.87. The van der Waals surface area contributed by atoms with Crippen molar-refractivity contribution in [1.29, 1.82) is 0 Å². The smallest absolute Gasteiger partial charge is 0.257 e. The molecule has 108 valence electrons. The van der Waals surface area contributed by atoms with E-state index in [9.17, 15) is 4.79 Å². The topological polar surface area (TPSA) is 83.3 Å². The fourth-order valence-electron chi connectivity index (χ4n) is 1.84. The van der Waals surface area contributed by atoms with E-state index in [1.807, 2.05) is 0 Å².